The summed E-state index contributed by atoms with van der Waals surface area (Å²) in [4.78, 5) is 0. The molecule has 0 amide bonds. The van der Waals surface area contributed by atoms with Crippen LogP contribution in [0.2, 0.25) is 0 Å². The molecule has 1 aromatic heterocycles. The summed E-state index contributed by atoms with van der Waals surface area (Å²) in [6.07, 6.45) is -0.620. The first-order chi connectivity index (χ1) is 10.1. The van der Waals surface area contributed by atoms with Gasteiger partial charge >= 0.3 is 0 Å². The molecule has 3 rings (SSSR count). The standard InChI is InChI=1S/C17H19N3O/c1-12-7-9-13(10-8-12)16(21)11-20-15-6-4-3-5-14(15)19(2)17(20)18/h3-10,16,18,21H,11H2,1-2H3. The van der Waals surface area contributed by atoms with Crippen LogP contribution < -0.4 is 5.62 Å². The van der Waals surface area contributed by atoms with Crippen molar-refractivity contribution in [3.05, 3.63) is 65.3 Å². The molecule has 1 atom stereocenters. The molecule has 0 saturated carbocycles. The van der Waals surface area contributed by atoms with Crippen LogP contribution in [0, 0.1) is 12.3 Å². The van der Waals surface area contributed by atoms with E-state index in [9.17, 15) is 5.11 Å². The monoisotopic (exact) mass is 281 g/mol. The average Bonchev–Trinajstić information content (AvgIpc) is 2.73. The van der Waals surface area contributed by atoms with Crippen molar-refractivity contribution in [1.29, 1.82) is 5.41 Å². The fourth-order valence-corrected chi connectivity index (χ4v) is 2.64. The molecular formula is C17H19N3O. The number of aryl methyl sites for hydroxylation is 2. The molecule has 0 aliphatic rings. The van der Waals surface area contributed by atoms with Gasteiger partial charge in [-0.1, -0.05) is 42.0 Å². The fraction of sp³-hybridized carbons (Fsp3) is 0.235. The van der Waals surface area contributed by atoms with Crippen LogP contribution in [0.3, 0.4) is 0 Å². The minimum Gasteiger partial charge on any atom is -0.387 e. The number of benzene rings is 2. The van der Waals surface area contributed by atoms with Crippen molar-refractivity contribution in [2.45, 2.75) is 19.6 Å². The van der Waals surface area contributed by atoms with Crippen LogP contribution >= 0.6 is 0 Å². The lowest BCUT2D eigenvalue weighted by molar-refractivity contribution is 0.156. The Kier molecular flexibility index (Phi) is 3.39. The van der Waals surface area contributed by atoms with Crippen molar-refractivity contribution in [2.75, 3.05) is 0 Å². The lowest BCUT2D eigenvalue weighted by atomic mass is 10.1. The van der Waals surface area contributed by atoms with E-state index in [1.54, 1.807) is 0 Å². The largest absolute Gasteiger partial charge is 0.387 e. The van der Waals surface area contributed by atoms with Gasteiger partial charge in [0.05, 0.1) is 23.7 Å². The molecule has 2 aromatic carbocycles. The molecule has 0 saturated heterocycles. The number of aliphatic hydroxyl groups is 1. The van der Waals surface area contributed by atoms with E-state index < -0.39 is 6.10 Å². The highest BCUT2D eigenvalue weighted by Crippen LogP contribution is 2.18. The number of hydrogen-bond donors (Lipinski definition) is 2. The van der Waals surface area contributed by atoms with Gasteiger partial charge in [-0.25, -0.2) is 0 Å². The molecule has 2 N–H and O–H groups in total. The number of nitrogens with zero attached hydrogens (tertiary/aromatic N) is 2. The van der Waals surface area contributed by atoms with Gasteiger partial charge < -0.3 is 14.2 Å². The predicted molar refractivity (Wildman–Crippen MR) is 82.9 cm³/mol. The molecule has 4 heteroatoms. The quantitative estimate of drug-likeness (QED) is 0.761. The zero-order chi connectivity index (χ0) is 15.0. The van der Waals surface area contributed by atoms with Gasteiger partial charge in [-0.15, -0.1) is 0 Å². The molecule has 1 heterocycles. The molecule has 0 radical (unpaired) electrons. The van der Waals surface area contributed by atoms with Gasteiger partial charge in [0.1, 0.15) is 0 Å². The first-order valence-corrected chi connectivity index (χ1v) is 7.01. The van der Waals surface area contributed by atoms with Gasteiger partial charge in [0.25, 0.3) is 0 Å². The molecule has 4 nitrogen and oxygen atoms in total. The van der Waals surface area contributed by atoms with Crippen LogP contribution in [-0.2, 0) is 13.6 Å². The Morgan fingerprint density at radius 2 is 1.67 bits per heavy atom. The molecule has 108 valence electrons. The fourth-order valence-electron chi connectivity index (χ4n) is 2.64. The number of aliphatic hydroxyl groups excluding tert-OH is 1. The summed E-state index contributed by atoms with van der Waals surface area (Å²) in [5, 5.41) is 18.7. The lowest BCUT2D eigenvalue weighted by Gasteiger charge is -2.13. The average molecular weight is 281 g/mol. The van der Waals surface area contributed by atoms with E-state index in [4.69, 9.17) is 5.41 Å². The van der Waals surface area contributed by atoms with Crippen LogP contribution in [0.1, 0.15) is 17.2 Å². The molecule has 0 aliphatic carbocycles. The highest BCUT2D eigenvalue weighted by atomic mass is 16.3. The summed E-state index contributed by atoms with van der Waals surface area (Å²) in [5.41, 5.74) is 4.41. The predicted octanol–water partition coefficient (Wildman–Crippen LogP) is 2.50. The van der Waals surface area contributed by atoms with Crippen molar-refractivity contribution in [2.24, 2.45) is 7.05 Å². The van der Waals surface area contributed by atoms with Gasteiger partial charge in [-0.2, -0.15) is 0 Å². The van der Waals surface area contributed by atoms with Crippen molar-refractivity contribution in [3.63, 3.8) is 0 Å². The maximum absolute atomic E-state index is 10.4. The van der Waals surface area contributed by atoms with E-state index in [1.807, 2.05) is 71.6 Å². The second-order valence-corrected chi connectivity index (χ2v) is 5.41. The van der Waals surface area contributed by atoms with E-state index in [0.717, 1.165) is 16.6 Å². The number of imidazole rings is 1. The summed E-state index contributed by atoms with van der Waals surface area (Å²) in [7, 11) is 1.87. The highest BCUT2D eigenvalue weighted by Gasteiger charge is 2.13. The minimum absolute atomic E-state index is 0.378. The Bertz CT molecular complexity index is 827. The van der Waals surface area contributed by atoms with Gasteiger partial charge in [0, 0.05) is 7.05 Å². The van der Waals surface area contributed by atoms with Gasteiger partial charge in [-0.05, 0) is 24.6 Å². The topological polar surface area (TPSA) is 53.9 Å². The molecule has 0 aliphatic heterocycles. The number of para-hydroxylation sites is 2. The van der Waals surface area contributed by atoms with Crippen molar-refractivity contribution in [3.8, 4) is 0 Å². The Balaban J connectivity index is 2.00. The molecule has 0 bridgehead atoms. The van der Waals surface area contributed by atoms with Crippen LogP contribution in [0.4, 0.5) is 0 Å². The molecule has 1 unspecified atom stereocenters. The molecule has 0 fully saturated rings. The highest BCUT2D eigenvalue weighted by molar-refractivity contribution is 5.75. The number of rotatable bonds is 3. The normalized spacial score (nSPS) is 12.7. The van der Waals surface area contributed by atoms with Crippen LogP contribution in [0.5, 0.6) is 0 Å². The molecule has 3 aromatic rings. The Morgan fingerprint density at radius 1 is 1.05 bits per heavy atom. The van der Waals surface area contributed by atoms with E-state index in [2.05, 4.69) is 0 Å². The Hall–Kier alpha value is -2.33. The molecule has 21 heavy (non-hydrogen) atoms. The van der Waals surface area contributed by atoms with Crippen LogP contribution in [0.15, 0.2) is 48.5 Å². The maximum atomic E-state index is 10.4. The smallest absolute Gasteiger partial charge is 0.202 e. The van der Waals surface area contributed by atoms with Gasteiger partial charge in [0.2, 0.25) is 5.62 Å². The van der Waals surface area contributed by atoms with Gasteiger partial charge in [-0.3, -0.25) is 5.41 Å². The number of fused-ring (bicyclic) bond motifs is 1. The van der Waals surface area contributed by atoms with E-state index >= 15 is 0 Å². The third-order valence-electron chi connectivity index (χ3n) is 3.92. The molecular weight excluding hydrogens is 262 g/mol. The maximum Gasteiger partial charge on any atom is 0.202 e. The van der Waals surface area contributed by atoms with Crippen molar-refractivity contribution >= 4 is 11.0 Å². The van der Waals surface area contributed by atoms with E-state index in [1.165, 1.54) is 5.56 Å². The minimum atomic E-state index is -0.620. The summed E-state index contributed by atoms with van der Waals surface area (Å²) in [6.45, 7) is 2.40. The number of aromatic nitrogens is 2. The number of nitrogens with one attached hydrogen (secondary N) is 1. The Morgan fingerprint density at radius 3 is 2.33 bits per heavy atom. The third kappa shape index (κ3) is 2.38. The second-order valence-electron chi connectivity index (χ2n) is 5.41. The summed E-state index contributed by atoms with van der Waals surface area (Å²) in [6, 6.07) is 15.8. The summed E-state index contributed by atoms with van der Waals surface area (Å²) in [5.74, 6) is 0. The van der Waals surface area contributed by atoms with Crippen LogP contribution in [-0.4, -0.2) is 14.2 Å². The molecule has 0 spiro atoms. The Labute approximate surface area is 123 Å². The van der Waals surface area contributed by atoms with Crippen LogP contribution in [0.25, 0.3) is 11.0 Å². The zero-order valence-corrected chi connectivity index (χ0v) is 12.2. The van der Waals surface area contributed by atoms with E-state index in [0.29, 0.717) is 12.2 Å². The second kappa shape index (κ2) is 5.22. The third-order valence-corrected chi connectivity index (χ3v) is 3.92. The van der Waals surface area contributed by atoms with Crippen molar-refractivity contribution < 1.29 is 5.11 Å². The summed E-state index contributed by atoms with van der Waals surface area (Å²) >= 11 is 0. The SMILES string of the molecule is Cc1ccc(C(O)Cn2c(=N)n(C)c3ccccc32)cc1. The van der Waals surface area contributed by atoms with Crippen molar-refractivity contribution in [1.82, 2.24) is 9.13 Å². The first-order valence-electron chi connectivity index (χ1n) is 7.01. The lowest BCUT2D eigenvalue weighted by Crippen LogP contribution is -2.25. The van der Waals surface area contributed by atoms with Gasteiger partial charge in [0.15, 0.2) is 0 Å². The van der Waals surface area contributed by atoms with E-state index in [-0.39, 0.29) is 0 Å². The summed E-state index contributed by atoms with van der Waals surface area (Å²) < 4.78 is 3.68. The zero-order valence-electron chi connectivity index (χ0n) is 12.2. The first kappa shape index (κ1) is 13.6. The number of hydrogen-bond acceptors (Lipinski definition) is 2.